The second-order valence-corrected chi connectivity index (χ2v) is 5.40. The Bertz CT molecular complexity index is 381. The van der Waals surface area contributed by atoms with Gasteiger partial charge in [0.25, 0.3) is 0 Å². The molecule has 0 spiro atoms. The summed E-state index contributed by atoms with van der Waals surface area (Å²) in [4.78, 5) is 10.3. The summed E-state index contributed by atoms with van der Waals surface area (Å²) in [6, 6.07) is 0. The first-order valence-corrected chi connectivity index (χ1v) is 8.79. The number of rotatable bonds is 14. The van der Waals surface area contributed by atoms with Crippen LogP contribution in [-0.4, -0.2) is 12.7 Å². The minimum absolute atomic E-state index is 0.396. The van der Waals surface area contributed by atoms with Crippen molar-refractivity contribution in [3.63, 3.8) is 0 Å². The predicted molar refractivity (Wildman–Crippen MR) is 99.3 cm³/mol. The molecule has 0 unspecified atom stereocenters. The Hall–Kier alpha value is -1.77. The first-order chi connectivity index (χ1) is 11.3. The number of hydrogen-bond acceptors (Lipinski definition) is 2. The van der Waals surface area contributed by atoms with E-state index >= 15 is 0 Å². The molecule has 0 aliphatic carbocycles. The summed E-state index contributed by atoms with van der Waals surface area (Å²) in [7, 11) is 0. The highest BCUT2D eigenvalue weighted by Gasteiger charge is 1.90. The smallest absolute Gasteiger partial charge is 0.404 e. The van der Waals surface area contributed by atoms with Gasteiger partial charge in [0, 0.05) is 0 Å². The van der Waals surface area contributed by atoms with Gasteiger partial charge in [-0.25, -0.2) is 4.79 Å². The Balaban J connectivity index is 3.39. The Labute approximate surface area is 142 Å². The minimum atomic E-state index is -0.697. The van der Waals surface area contributed by atoms with Crippen molar-refractivity contribution in [3.8, 4) is 0 Å². The van der Waals surface area contributed by atoms with Crippen LogP contribution in [0.1, 0.15) is 64.7 Å². The van der Waals surface area contributed by atoms with Crippen LogP contribution < -0.4 is 5.73 Å². The van der Waals surface area contributed by atoms with Crippen molar-refractivity contribution < 1.29 is 9.53 Å². The zero-order chi connectivity index (χ0) is 17.0. The van der Waals surface area contributed by atoms with E-state index in [2.05, 4.69) is 60.3 Å². The van der Waals surface area contributed by atoms with Crippen molar-refractivity contribution in [2.24, 2.45) is 5.73 Å². The molecule has 23 heavy (non-hydrogen) atoms. The highest BCUT2D eigenvalue weighted by molar-refractivity contribution is 5.64. The highest BCUT2D eigenvalue weighted by Crippen LogP contribution is 2.01. The molecule has 1 amide bonds. The third kappa shape index (κ3) is 20.2. The number of nitrogens with two attached hydrogens (primary N) is 1. The molecule has 0 heterocycles. The standard InChI is InChI=1S/C20H33NO2/c1-2-3-4-5-6-7-8-9-10-11-12-13-14-15-16-17-18-19-23-20(21)22/h6-7,9-10,12-13,15-16H,2-5,8,11,14,17-19H2,1H3,(H2,21,22)/b7-6-,10-9-,13-12-,16-15-. The van der Waals surface area contributed by atoms with E-state index < -0.39 is 6.09 Å². The van der Waals surface area contributed by atoms with Gasteiger partial charge in [-0.3, -0.25) is 0 Å². The van der Waals surface area contributed by atoms with Crippen molar-refractivity contribution in [2.75, 3.05) is 6.61 Å². The lowest BCUT2D eigenvalue weighted by atomic mass is 10.2. The maximum Gasteiger partial charge on any atom is 0.404 e. The summed E-state index contributed by atoms with van der Waals surface area (Å²) in [5.74, 6) is 0. The molecular formula is C20H33NO2. The van der Waals surface area contributed by atoms with Gasteiger partial charge in [-0.1, -0.05) is 68.4 Å². The van der Waals surface area contributed by atoms with Crippen molar-refractivity contribution in [1.29, 1.82) is 0 Å². The Morgan fingerprint density at radius 1 is 0.783 bits per heavy atom. The molecule has 130 valence electrons. The fourth-order valence-electron chi connectivity index (χ4n) is 1.93. The van der Waals surface area contributed by atoms with E-state index in [1.165, 1.54) is 25.7 Å². The lowest BCUT2D eigenvalue weighted by molar-refractivity contribution is 0.155. The molecule has 0 bridgehead atoms. The molecule has 0 fully saturated rings. The van der Waals surface area contributed by atoms with Gasteiger partial charge >= 0.3 is 6.09 Å². The lowest BCUT2D eigenvalue weighted by Crippen LogP contribution is -2.13. The number of allylic oxidation sites excluding steroid dienone is 8. The van der Waals surface area contributed by atoms with Gasteiger partial charge in [0.05, 0.1) is 6.61 Å². The quantitative estimate of drug-likeness (QED) is 0.323. The number of hydrogen-bond donors (Lipinski definition) is 1. The average molecular weight is 319 g/mol. The van der Waals surface area contributed by atoms with E-state index in [-0.39, 0.29) is 0 Å². The molecule has 0 atom stereocenters. The van der Waals surface area contributed by atoms with E-state index in [0.717, 1.165) is 32.1 Å². The van der Waals surface area contributed by atoms with Crippen LogP contribution in [0.25, 0.3) is 0 Å². The molecule has 3 nitrogen and oxygen atoms in total. The van der Waals surface area contributed by atoms with Crippen LogP contribution in [-0.2, 0) is 4.74 Å². The first-order valence-electron chi connectivity index (χ1n) is 8.79. The summed E-state index contributed by atoms with van der Waals surface area (Å²) >= 11 is 0. The summed E-state index contributed by atoms with van der Waals surface area (Å²) in [6.07, 6.45) is 26.7. The summed E-state index contributed by atoms with van der Waals surface area (Å²) in [5, 5.41) is 0. The fraction of sp³-hybridized carbons (Fsp3) is 0.550. The van der Waals surface area contributed by atoms with Crippen LogP contribution in [0.15, 0.2) is 48.6 Å². The van der Waals surface area contributed by atoms with Crippen molar-refractivity contribution >= 4 is 6.09 Å². The predicted octanol–water partition coefficient (Wildman–Crippen LogP) is 5.84. The van der Waals surface area contributed by atoms with Gasteiger partial charge in [-0.2, -0.15) is 0 Å². The van der Waals surface area contributed by atoms with Crippen LogP contribution in [0, 0.1) is 0 Å². The molecule has 0 saturated heterocycles. The fourth-order valence-corrected chi connectivity index (χ4v) is 1.93. The van der Waals surface area contributed by atoms with Crippen LogP contribution in [0.5, 0.6) is 0 Å². The van der Waals surface area contributed by atoms with E-state index in [0.29, 0.717) is 6.61 Å². The first kappa shape index (κ1) is 21.2. The molecule has 0 aliphatic heterocycles. The van der Waals surface area contributed by atoms with Gasteiger partial charge in [0.1, 0.15) is 0 Å². The van der Waals surface area contributed by atoms with E-state index in [1.54, 1.807) is 0 Å². The molecule has 0 rings (SSSR count). The topological polar surface area (TPSA) is 52.3 Å². The molecule has 0 saturated carbocycles. The van der Waals surface area contributed by atoms with Crippen LogP contribution >= 0.6 is 0 Å². The zero-order valence-electron chi connectivity index (χ0n) is 14.6. The second-order valence-electron chi connectivity index (χ2n) is 5.40. The van der Waals surface area contributed by atoms with Crippen molar-refractivity contribution in [2.45, 2.75) is 64.7 Å². The SMILES string of the molecule is CCCCC/C=C\C/C=C\C/C=C\C/C=C\CCCOC(N)=O. The van der Waals surface area contributed by atoms with E-state index in [4.69, 9.17) is 5.73 Å². The average Bonchev–Trinajstić information content (AvgIpc) is 2.53. The molecule has 0 aromatic heterocycles. The van der Waals surface area contributed by atoms with E-state index in [1.807, 2.05) is 0 Å². The number of primary amides is 1. The third-order valence-electron chi connectivity index (χ3n) is 3.22. The normalized spacial score (nSPS) is 12.2. The largest absolute Gasteiger partial charge is 0.450 e. The van der Waals surface area contributed by atoms with Gasteiger partial charge < -0.3 is 10.5 Å². The van der Waals surface area contributed by atoms with E-state index in [9.17, 15) is 4.79 Å². The highest BCUT2D eigenvalue weighted by atomic mass is 16.5. The molecule has 0 aliphatic rings. The summed E-state index contributed by atoms with van der Waals surface area (Å²) in [5.41, 5.74) is 4.87. The van der Waals surface area contributed by atoms with Crippen molar-refractivity contribution in [3.05, 3.63) is 48.6 Å². The maximum absolute atomic E-state index is 10.3. The third-order valence-corrected chi connectivity index (χ3v) is 3.22. The van der Waals surface area contributed by atoms with Crippen LogP contribution in [0.3, 0.4) is 0 Å². The Morgan fingerprint density at radius 3 is 1.74 bits per heavy atom. The molecule has 0 aromatic carbocycles. The van der Waals surface area contributed by atoms with Gasteiger partial charge in [-0.05, 0) is 44.9 Å². The molecule has 0 aromatic rings. The molecular weight excluding hydrogens is 286 g/mol. The Morgan fingerprint density at radius 2 is 1.26 bits per heavy atom. The zero-order valence-corrected chi connectivity index (χ0v) is 14.6. The van der Waals surface area contributed by atoms with Crippen molar-refractivity contribution in [1.82, 2.24) is 0 Å². The Kier molecular flexibility index (Phi) is 16.9. The summed E-state index contributed by atoms with van der Waals surface area (Å²) in [6.45, 7) is 2.63. The number of carbonyl (C=O) groups is 1. The van der Waals surface area contributed by atoms with Gasteiger partial charge in [-0.15, -0.1) is 0 Å². The second kappa shape index (κ2) is 18.3. The molecule has 3 heteroatoms. The minimum Gasteiger partial charge on any atom is -0.450 e. The van der Waals surface area contributed by atoms with Gasteiger partial charge in [0.15, 0.2) is 0 Å². The number of carbonyl (C=O) groups excluding carboxylic acids is 1. The van der Waals surface area contributed by atoms with Gasteiger partial charge in [0.2, 0.25) is 0 Å². The maximum atomic E-state index is 10.3. The molecule has 2 N–H and O–H groups in total. The number of amides is 1. The number of ether oxygens (including phenoxy) is 1. The van der Waals surface area contributed by atoms with Crippen LogP contribution in [0.2, 0.25) is 0 Å². The lowest BCUT2D eigenvalue weighted by Gasteiger charge is -1.97. The van der Waals surface area contributed by atoms with Crippen LogP contribution in [0.4, 0.5) is 4.79 Å². The number of unbranched alkanes of at least 4 members (excludes halogenated alkanes) is 4. The molecule has 0 radical (unpaired) electrons. The summed E-state index contributed by atoms with van der Waals surface area (Å²) < 4.78 is 4.64. The monoisotopic (exact) mass is 319 g/mol.